The van der Waals surface area contributed by atoms with Gasteiger partial charge in [0.2, 0.25) is 0 Å². The first-order valence-corrected chi connectivity index (χ1v) is 12.8. The zero-order valence-corrected chi connectivity index (χ0v) is 20.7. The number of fused-ring (bicyclic) bond motifs is 3. The fourth-order valence-corrected chi connectivity index (χ4v) is 5.16. The molecule has 0 radical (unpaired) electrons. The summed E-state index contributed by atoms with van der Waals surface area (Å²) in [7, 11) is 0. The van der Waals surface area contributed by atoms with Crippen molar-refractivity contribution in [1.29, 1.82) is 0 Å². The molecule has 3 nitrogen and oxygen atoms in total. The van der Waals surface area contributed by atoms with Crippen LogP contribution in [0.25, 0.3) is 55.6 Å². The molecule has 0 fully saturated rings. The molecule has 3 heterocycles. The number of hydrogen-bond donors (Lipinski definition) is 0. The molecule has 0 N–H and O–H groups in total. The normalized spacial score (nSPS) is 11.3. The summed E-state index contributed by atoms with van der Waals surface area (Å²) < 4.78 is 6.38. The molecule has 3 aromatic heterocycles. The quantitative estimate of drug-likeness (QED) is 0.243. The van der Waals surface area contributed by atoms with Gasteiger partial charge >= 0.3 is 0 Å². The van der Waals surface area contributed by atoms with Crippen LogP contribution < -0.4 is 0 Å². The molecule has 0 unspecified atom stereocenters. The van der Waals surface area contributed by atoms with Crippen molar-refractivity contribution in [1.82, 2.24) is 9.97 Å². The predicted molar refractivity (Wildman–Crippen MR) is 155 cm³/mol. The minimum Gasteiger partial charge on any atom is -0.455 e. The fraction of sp³-hybridized carbons (Fsp3) is 0.0286. The van der Waals surface area contributed by atoms with Gasteiger partial charge in [-0.3, -0.25) is 9.97 Å². The van der Waals surface area contributed by atoms with Crippen molar-refractivity contribution in [2.75, 3.05) is 0 Å². The highest BCUT2D eigenvalue weighted by Crippen LogP contribution is 2.37. The minimum atomic E-state index is 0.713. The van der Waals surface area contributed by atoms with Crippen LogP contribution in [0, 0.1) is 0 Å². The molecule has 7 aromatic rings. The Labute approximate surface area is 221 Å². The van der Waals surface area contributed by atoms with Crippen molar-refractivity contribution in [2.45, 2.75) is 6.42 Å². The van der Waals surface area contributed by atoms with E-state index in [0.717, 1.165) is 61.3 Å². The highest BCUT2D eigenvalue weighted by atomic mass is 16.3. The van der Waals surface area contributed by atoms with Crippen molar-refractivity contribution in [2.24, 2.45) is 0 Å². The van der Waals surface area contributed by atoms with Crippen LogP contribution in [-0.4, -0.2) is 9.97 Å². The summed E-state index contributed by atoms with van der Waals surface area (Å²) in [6.07, 6.45) is 2.55. The molecule has 0 aliphatic heterocycles. The summed E-state index contributed by atoms with van der Waals surface area (Å²) in [5.74, 6) is 0. The summed E-state index contributed by atoms with van der Waals surface area (Å²) in [5, 5.41) is 2.26. The Balaban J connectivity index is 1.37. The molecule has 0 spiro atoms. The van der Waals surface area contributed by atoms with Gasteiger partial charge in [0.25, 0.3) is 0 Å². The smallest absolute Gasteiger partial charge is 0.143 e. The van der Waals surface area contributed by atoms with Crippen LogP contribution in [0.2, 0.25) is 0 Å². The van der Waals surface area contributed by atoms with E-state index in [0.29, 0.717) is 6.42 Å². The molecule has 0 aliphatic carbocycles. The maximum atomic E-state index is 6.38. The SMILES string of the molecule is c1ccc(-c2cccc(Cc3cc(-c4ccccn4)cc(-c4cccc5c4oc4ccccc45)c3)n2)cc1. The van der Waals surface area contributed by atoms with Gasteiger partial charge in [-0.2, -0.15) is 0 Å². The highest BCUT2D eigenvalue weighted by Gasteiger charge is 2.14. The van der Waals surface area contributed by atoms with E-state index in [1.54, 1.807) is 0 Å². The highest BCUT2D eigenvalue weighted by molar-refractivity contribution is 6.09. The summed E-state index contributed by atoms with van der Waals surface area (Å²) in [4.78, 5) is 9.63. The van der Waals surface area contributed by atoms with Crippen LogP contribution in [0.1, 0.15) is 11.3 Å². The van der Waals surface area contributed by atoms with E-state index >= 15 is 0 Å². The van der Waals surface area contributed by atoms with Crippen LogP contribution in [0.5, 0.6) is 0 Å². The van der Waals surface area contributed by atoms with Crippen LogP contribution in [0.3, 0.4) is 0 Å². The van der Waals surface area contributed by atoms with Gasteiger partial charge in [-0.1, -0.05) is 84.9 Å². The monoisotopic (exact) mass is 488 g/mol. The third kappa shape index (κ3) is 4.14. The average Bonchev–Trinajstić information content (AvgIpc) is 3.37. The first-order valence-electron chi connectivity index (χ1n) is 12.8. The largest absolute Gasteiger partial charge is 0.455 e. The van der Waals surface area contributed by atoms with Gasteiger partial charge in [-0.15, -0.1) is 0 Å². The number of benzene rings is 4. The first kappa shape index (κ1) is 22.2. The van der Waals surface area contributed by atoms with Gasteiger partial charge in [-0.25, -0.2) is 0 Å². The molecular formula is C35H24N2O. The van der Waals surface area contributed by atoms with E-state index in [2.05, 4.69) is 89.9 Å². The maximum Gasteiger partial charge on any atom is 0.143 e. The maximum absolute atomic E-state index is 6.38. The molecule has 3 heteroatoms. The first-order chi connectivity index (χ1) is 18.8. The number of pyridine rings is 2. The molecule has 0 bridgehead atoms. The number of hydrogen-bond acceptors (Lipinski definition) is 3. The Morgan fingerprint density at radius 2 is 1.32 bits per heavy atom. The zero-order chi connectivity index (χ0) is 25.3. The molecule has 0 saturated carbocycles. The molecule has 7 rings (SSSR count). The van der Waals surface area contributed by atoms with Gasteiger partial charge in [-0.05, 0) is 53.6 Å². The van der Waals surface area contributed by atoms with Crippen molar-refractivity contribution in [3.05, 3.63) is 145 Å². The number of para-hydroxylation sites is 2. The number of nitrogens with zero attached hydrogens (tertiary/aromatic N) is 2. The van der Waals surface area contributed by atoms with Crippen LogP contribution in [0.4, 0.5) is 0 Å². The lowest BCUT2D eigenvalue weighted by Gasteiger charge is -2.11. The van der Waals surface area contributed by atoms with Gasteiger partial charge in [0.05, 0.1) is 11.4 Å². The third-order valence-corrected chi connectivity index (χ3v) is 6.93. The Bertz CT molecular complexity index is 1890. The number of furan rings is 1. The van der Waals surface area contributed by atoms with E-state index < -0.39 is 0 Å². The Morgan fingerprint density at radius 1 is 0.553 bits per heavy atom. The Hall–Kier alpha value is -5.02. The van der Waals surface area contributed by atoms with Crippen LogP contribution >= 0.6 is 0 Å². The standard InChI is InChI=1S/C35H24N2O/c1-2-10-25(11-3-1)33-17-8-12-28(37-33)22-24-20-26(23-27(21-24)32-16-6-7-19-36-32)29-14-9-15-31-30-13-4-5-18-34(30)38-35(29)31/h1-21,23H,22H2. The van der Waals surface area contributed by atoms with Gasteiger partial charge in [0.1, 0.15) is 11.2 Å². The van der Waals surface area contributed by atoms with E-state index in [-0.39, 0.29) is 0 Å². The fourth-order valence-electron chi connectivity index (χ4n) is 5.16. The molecule has 38 heavy (non-hydrogen) atoms. The summed E-state index contributed by atoms with van der Waals surface area (Å²) >= 11 is 0. The second-order valence-electron chi connectivity index (χ2n) is 9.47. The lowest BCUT2D eigenvalue weighted by atomic mass is 9.95. The van der Waals surface area contributed by atoms with E-state index in [1.807, 2.05) is 48.7 Å². The second-order valence-corrected chi connectivity index (χ2v) is 9.47. The van der Waals surface area contributed by atoms with Gasteiger partial charge < -0.3 is 4.42 Å². The van der Waals surface area contributed by atoms with Crippen LogP contribution in [-0.2, 0) is 6.42 Å². The van der Waals surface area contributed by atoms with Gasteiger partial charge in [0, 0.05) is 45.8 Å². The lowest BCUT2D eigenvalue weighted by Crippen LogP contribution is -1.96. The zero-order valence-electron chi connectivity index (χ0n) is 20.7. The average molecular weight is 489 g/mol. The van der Waals surface area contributed by atoms with E-state index in [9.17, 15) is 0 Å². The van der Waals surface area contributed by atoms with E-state index in [1.165, 1.54) is 5.56 Å². The number of aromatic nitrogens is 2. The van der Waals surface area contributed by atoms with Crippen molar-refractivity contribution >= 4 is 21.9 Å². The third-order valence-electron chi connectivity index (χ3n) is 6.93. The summed E-state index contributed by atoms with van der Waals surface area (Å²) in [6, 6.07) is 43.9. The number of rotatable bonds is 5. The molecule has 0 aliphatic rings. The van der Waals surface area contributed by atoms with Gasteiger partial charge in [0.15, 0.2) is 0 Å². The Kier molecular flexibility index (Phi) is 5.52. The summed E-state index contributed by atoms with van der Waals surface area (Å²) in [6.45, 7) is 0. The van der Waals surface area contributed by atoms with E-state index in [4.69, 9.17) is 9.40 Å². The molecule has 0 atom stereocenters. The van der Waals surface area contributed by atoms with Crippen LogP contribution in [0.15, 0.2) is 138 Å². The minimum absolute atomic E-state index is 0.713. The second kappa shape index (κ2) is 9.45. The molecule has 4 aromatic carbocycles. The lowest BCUT2D eigenvalue weighted by molar-refractivity contribution is 0.670. The molecule has 0 amide bonds. The van der Waals surface area contributed by atoms with Crippen molar-refractivity contribution in [3.8, 4) is 33.6 Å². The predicted octanol–water partition coefficient (Wildman–Crippen LogP) is 8.97. The van der Waals surface area contributed by atoms with Crippen molar-refractivity contribution in [3.63, 3.8) is 0 Å². The molecule has 0 saturated heterocycles. The molecule has 180 valence electrons. The van der Waals surface area contributed by atoms with Crippen molar-refractivity contribution < 1.29 is 4.42 Å². The Morgan fingerprint density at radius 3 is 2.21 bits per heavy atom. The summed E-state index contributed by atoms with van der Waals surface area (Å²) in [5.41, 5.74) is 10.3. The topological polar surface area (TPSA) is 38.9 Å². The molecular weight excluding hydrogens is 464 g/mol.